The zero-order valence-electron chi connectivity index (χ0n) is 7.07. The molecule has 0 aromatic heterocycles. The maximum atomic E-state index is 10.7. The highest BCUT2D eigenvalue weighted by Crippen LogP contribution is 2.17. The van der Waals surface area contributed by atoms with Crippen LogP contribution in [0.15, 0.2) is 12.2 Å². The van der Waals surface area contributed by atoms with Gasteiger partial charge in [0.25, 0.3) is 0 Å². The van der Waals surface area contributed by atoms with Crippen molar-refractivity contribution in [3.8, 4) is 0 Å². The van der Waals surface area contributed by atoms with E-state index in [-0.39, 0.29) is 12.0 Å². The van der Waals surface area contributed by atoms with Gasteiger partial charge in [0, 0.05) is 6.04 Å². The molecule has 0 radical (unpaired) electrons. The Hall–Kier alpha value is -0.830. The predicted molar refractivity (Wildman–Crippen MR) is 46.7 cm³/mol. The van der Waals surface area contributed by atoms with E-state index in [0.29, 0.717) is 6.42 Å². The molecule has 3 heteroatoms. The number of nitrogens with two attached hydrogens (primary N) is 1. The molecule has 68 valence electrons. The van der Waals surface area contributed by atoms with Crippen molar-refractivity contribution in [3.05, 3.63) is 12.2 Å². The Labute approximate surface area is 72.3 Å². The normalized spacial score (nSPS) is 30.8. The van der Waals surface area contributed by atoms with E-state index in [1.54, 1.807) is 0 Å². The van der Waals surface area contributed by atoms with Crippen LogP contribution in [0.4, 0.5) is 0 Å². The largest absolute Gasteiger partial charge is 0.481 e. The third kappa shape index (κ3) is 2.34. The summed E-state index contributed by atoms with van der Waals surface area (Å²) in [7, 11) is 0. The monoisotopic (exact) mass is 169 g/mol. The molecule has 1 rings (SSSR count). The molecule has 0 amide bonds. The summed E-state index contributed by atoms with van der Waals surface area (Å²) in [5.74, 6) is -1.16. The quantitative estimate of drug-likeness (QED) is 0.579. The third-order valence-electron chi connectivity index (χ3n) is 2.28. The third-order valence-corrected chi connectivity index (χ3v) is 2.28. The van der Waals surface area contributed by atoms with Crippen molar-refractivity contribution in [1.82, 2.24) is 0 Å². The summed E-state index contributed by atoms with van der Waals surface area (Å²) >= 11 is 0. The van der Waals surface area contributed by atoms with Crippen LogP contribution in [0.3, 0.4) is 0 Å². The van der Waals surface area contributed by atoms with Crippen LogP contribution >= 0.6 is 0 Å². The standard InChI is InChI=1S/C9H15NO2/c10-8-6-4-2-1-3-5-7(8)9(11)12/h4,6-8H,1-3,5,10H2,(H,11,12)/t7-,8+/m1/s1. The molecule has 1 aliphatic carbocycles. The fraction of sp³-hybridized carbons (Fsp3) is 0.667. The van der Waals surface area contributed by atoms with Crippen LogP contribution in [-0.2, 0) is 4.79 Å². The number of allylic oxidation sites excluding steroid dienone is 1. The Morgan fingerprint density at radius 1 is 1.50 bits per heavy atom. The highest BCUT2D eigenvalue weighted by Gasteiger charge is 2.23. The van der Waals surface area contributed by atoms with Gasteiger partial charge in [-0.15, -0.1) is 0 Å². The van der Waals surface area contributed by atoms with Gasteiger partial charge in [-0.1, -0.05) is 18.6 Å². The zero-order valence-corrected chi connectivity index (χ0v) is 7.07. The van der Waals surface area contributed by atoms with Gasteiger partial charge in [0.15, 0.2) is 0 Å². The van der Waals surface area contributed by atoms with Crippen molar-refractivity contribution < 1.29 is 9.90 Å². The summed E-state index contributed by atoms with van der Waals surface area (Å²) in [6, 6.07) is -0.303. The molecule has 0 aromatic carbocycles. The molecule has 0 saturated carbocycles. The number of rotatable bonds is 1. The van der Waals surface area contributed by atoms with Gasteiger partial charge < -0.3 is 10.8 Å². The van der Waals surface area contributed by atoms with Crippen molar-refractivity contribution in [2.24, 2.45) is 11.7 Å². The number of carbonyl (C=O) groups is 1. The summed E-state index contributed by atoms with van der Waals surface area (Å²) in [4.78, 5) is 10.7. The maximum Gasteiger partial charge on any atom is 0.308 e. The Morgan fingerprint density at radius 3 is 2.92 bits per heavy atom. The first-order valence-electron chi connectivity index (χ1n) is 4.37. The lowest BCUT2D eigenvalue weighted by Gasteiger charge is -2.18. The molecule has 2 atom stereocenters. The van der Waals surface area contributed by atoms with Crippen LogP contribution in [0.25, 0.3) is 0 Å². The highest BCUT2D eigenvalue weighted by atomic mass is 16.4. The molecule has 1 aliphatic rings. The molecular formula is C9H15NO2. The smallest absolute Gasteiger partial charge is 0.308 e. The molecule has 0 aromatic rings. The number of aliphatic carboxylic acids is 1. The summed E-state index contributed by atoms with van der Waals surface area (Å²) in [5, 5.41) is 8.81. The zero-order chi connectivity index (χ0) is 8.97. The average Bonchev–Trinajstić information content (AvgIpc) is 1.96. The minimum Gasteiger partial charge on any atom is -0.481 e. The van der Waals surface area contributed by atoms with Crippen LogP contribution in [0, 0.1) is 5.92 Å². The van der Waals surface area contributed by atoms with E-state index in [0.717, 1.165) is 19.3 Å². The molecular weight excluding hydrogens is 154 g/mol. The Bertz CT molecular complexity index is 189. The van der Waals surface area contributed by atoms with Gasteiger partial charge >= 0.3 is 5.97 Å². The van der Waals surface area contributed by atoms with Crippen LogP contribution < -0.4 is 5.73 Å². The van der Waals surface area contributed by atoms with Crippen LogP contribution in [0.2, 0.25) is 0 Å². The van der Waals surface area contributed by atoms with Gasteiger partial charge in [0.1, 0.15) is 0 Å². The highest BCUT2D eigenvalue weighted by molar-refractivity contribution is 5.71. The molecule has 0 spiro atoms. The van der Waals surface area contributed by atoms with Gasteiger partial charge in [0.2, 0.25) is 0 Å². The van der Waals surface area contributed by atoms with Gasteiger partial charge in [-0.25, -0.2) is 0 Å². The Morgan fingerprint density at radius 2 is 2.25 bits per heavy atom. The number of carboxylic acid groups (broad SMARTS) is 1. The predicted octanol–water partition coefficient (Wildman–Crippen LogP) is 1.14. The lowest BCUT2D eigenvalue weighted by molar-refractivity contribution is -0.142. The Kier molecular flexibility index (Phi) is 3.29. The van der Waals surface area contributed by atoms with Crippen molar-refractivity contribution in [1.29, 1.82) is 0 Å². The maximum absolute atomic E-state index is 10.7. The SMILES string of the molecule is N[C@H]1C=CCCCC[C@H]1C(=O)O. The van der Waals surface area contributed by atoms with Gasteiger partial charge in [-0.3, -0.25) is 4.79 Å². The number of hydrogen-bond acceptors (Lipinski definition) is 2. The second-order valence-electron chi connectivity index (χ2n) is 3.23. The molecule has 3 nitrogen and oxygen atoms in total. The van der Waals surface area contributed by atoms with E-state index >= 15 is 0 Å². The summed E-state index contributed by atoms with van der Waals surface area (Å²) in [6.45, 7) is 0. The lowest BCUT2D eigenvalue weighted by Crippen LogP contribution is -2.34. The minimum atomic E-state index is -0.769. The van der Waals surface area contributed by atoms with Gasteiger partial charge in [-0.05, 0) is 19.3 Å². The van der Waals surface area contributed by atoms with Gasteiger partial charge in [0.05, 0.1) is 5.92 Å². The number of carboxylic acids is 1. The molecule has 0 fully saturated rings. The van der Waals surface area contributed by atoms with Crippen LogP contribution in [0.5, 0.6) is 0 Å². The van der Waals surface area contributed by atoms with E-state index in [9.17, 15) is 4.79 Å². The molecule has 0 heterocycles. The fourth-order valence-electron chi connectivity index (χ4n) is 1.49. The minimum absolute atomic E-state index is 0.303. The van der Waals surface area contributed by atoms with Crippen molar-refractivity contribution in [3.63, 3.8) is 0 Å². The summed E-state index contributed by atoms with van der Waals surface area (Å²) < 4.78 is 0. The lowest BCUT2D eigenvalue weighted by atomic mass is 9.91. The van der Waals surface area contributed by atoms with E-state index in [2.05, 4.69) is 0 Å². The van der Waals surface area contributed by atoms with E-state index in [1.807, 2.05) is 12.2 Å². The Balaban J connectivity index is 2.62. The molecule has 0 unspecified atom stereocenters. The first kappa shape index (κ1) is 9.26. The fourth-order valence-corrected chi connectivity index (χ4v) is 1.49. The molecule has 0 saturated heterocycles. The summed E-state index contributed by atoms with van der Waals surface area (Å²) in [5.41, 5.74) is 5.68. The van der Waals surface area contributed by atoms with Crippen molar-refractivity contribution in [2.75, 3.05) is 0 Å². The molecule has 0 aliphatic heterocycles. The second kappa shape index (κ2) is 4.26. The van der Waals surface area contributed by atoms with Gasteiger partial charge in [-0.2, -0.15) is 0 Å². The molecule has 12 heavy (non-hydrogen) atoms. The summed E-state index contributed by atoms with van der Waals surface area (Å²) in [6.07, 6.45) is 7.58. The van der Waals surface area contributed by atoms with Crippen molar-refractivity contribution >= 4 is 5.97 Å². The van der Waals surface area contributed by atoms with E-state index < -0.39 is 5.97 Å². The van der Waals surface area contributed by atoms with Crippen LogP contribution in [0.1, 0.15) is 25.7 Å². The van der Waals surface area contributed by atoms with E-state index in [4.69, 9.17) is 10.8 Å². The van der Waals surface area contributed by atoms with Crippen molar-refractivity contribution in [2.45, 2.75) is 31.7 Å². The average molecular weight is 169 g/mol. The molecule has 0 bridgehead atoms. The topological polar surface area (TPSA) is 63.3 Å². The van der Waals surface area contributed by atoms with Crippen LogP contribution in [-0.4, -0.2) is 17.1 Å². The van der Waals surface area contributed by atoms with E-state index in [1.165, 1.54) is 0 Å². The first-order chi connectivity index (χ1) is 5.72. The number of hydrogen-bond donors (Lipinski definition) is 2. The molecule has 3 N–H and O–H groups in total. The second-order valence-corrected chi connectivity index (χ2v) is 3.23. The first-order valence-corrected chi connectivity index (χ1v) is 4.37.